The third-order valence-corrected chi connectivity index (χ3v) is 14.4. The monoisotopic (exact) mass is 751 g/mol. The molecule has 0 aliphatic heterocycles. The Hall–Kier alpha value is -2.76. The molecule has 5 nitrogen and oxygen atoms in total. The Labute approximate surface area is 287 Å². The molecule has 0 saturated heterocycles. The maximum Gasteiger partial charge on any atom is 0.261 e. The number of rotatable bonds is 14. The molecular formula is C37H42INO4SSi. The average Bonchev–Trinajstić information content (AvgIpc) is 3.06. The Kier molecular flexibility index (Phi) is 13.0. The molecule has 4 aromatic rings. The molecule has 0 fully saturated rings. The van der Waals surface area contributed by atoms with Crippen molar-refractivity contribution in [1.29, 1.82) is 0 Å². The van der Waals surface area contributed by atoms with Crippen LogP contribution in [0.4, 0.5) is 0 Å². The molecule has 0 aliphatic carbocycles. The van der Waals surface area contributed by atoms with Crippen molar-refractivity contribution >= 4 is 58.2 Å². The molecule has 3 aromatic carbocycles. The first-order valence-corrected chi connectivity index (χ1v) is 19.1. The van der Waals surface area contributed by atoms with Crippen molar-refractivity contribution in [2.75, 3.05) is 7.11 Å². The molecule has 1 heterocycles. The molecule has 1 aromatic heterocycles. The highest BCUT2D eigenvalue weighted by molar-refractivity contribution is 14.1. The largest absolute Gasteiger partial charge is 0.497 e. The average molecular weight is 752 g/mol. The molecule has 0 unspecified atom stereocenters. The van der Waals surface area contributed by atoms with E-state index >= 15 is 0 Å². The van der Waals surface area contributed by atoms with Gasteiger partial charge in [-0.1, -0.05) is 129 Å². The Morgan fingerprint density at radius 1 is 0.911 bits per heavy atom. The fourth-order valence-corrected chi connectivity index (χ4v) is 11.5. The summed E-state index contributed by atoms with van der Waals surface area (Å²) in [7, 11) is -1.31. The van der Waals surface area contributed by atoms with Crippen molar-refractivity contribution in [1.82, 2.24) is 4.98 Å². The number of methoxy groups -OCH3 is 1. The van der Waals surface area contributed by atoms with Crippen LogP contribution < -0.4 is 15.1 Å². The molecule has 0 saturated carbocycles. The number of pyridine rings is 1. The maximum atomic E-state index is 13.9. The summed E-state index contributed by atoms with van der Waals surface area (Å²) in [6, 6.07) is 34.6. The van der Waals surface area contributed by atoms with Crippen molar-refractivity contribution in [2.45, 2.75) is 63.0 Å². The summed E-state index contributed by atoms with van der Waals surface area (Å²) in [4.78, 5) is 18.3. The molecule has 3 atom stereocenters. The molecule has 0 spiro atoms. The van der Waals surface area contributed by atoms with Gasteiger partial charge in [-0.05, 0) is 67.2 Å². The lowest BCUT2D eigenvalue weighted by Gasteiger charge is -2.46. The number of halogens is 1. The second-order valence-corrected chi connectivity index (χ2v) is 17.9. The zero-order valence-electron chi connectivity index (χ0n) is 26.6. The quantitative estimate of drug-likeness (QED) is 0.0736. The van der Waals surface area contributed by atoms with Crippen LogP contribution in [-0.2, 0) is 20.6 Å². The van der Waals surface area contributed by atoms with Crippen LogP contribution in [0.2, 0.25) is 5.04 Å². The van der Waals surface area contributed by atoms with Crippen LogP contribution in [0.5, 0.6) is 5.75 Å². The number of carbonyl (C=O) groups excluding carboxylic acids is 1. The molecular weight excluding hydrogens is 709 g/mol. The van der Waals surface area contributed by atoms with Crippen molar-refractivity contribution < 1.29 is 18.7 Å². The number of aromatic nitrogens is 1. The molecule has 0 N–H and O–H groups in total. The van der Waals surface area contributed by atoms with Gasteiger partial charge in [0.05, 0.1) is 31.8 Å². The second-order valence-electron chi connectivity index (χ2n) is 11.9. The summed E-state index contributed by atoms with van der Waals surface area (Å²) in [5.74, 6) is 0.368. The van der Waals surface area contributed by atoms with Crippen molar-refractivity contribution in [3.63, 3.8) is 0 Å². The van der Waals surface area contributed by atoms with Gasteiger partial charge in [0, 0.05) is 12.6 Å². The van der Waals surface area contributed by atoms with E-state index in [4.69, 9.17) is 13.9 Å². The normalized spacial score (nSPS) is 14.2. The molecule has 4 rings (SSSR count). The van der Waals surface area contributed by atoms with E-state index in [1.807, 2.05) is 65.6 Å². The number of thioether (sulfide) groups is 1. The van der Waals surface area contributed by atoms with Gasteiger partial charge in [-0.3, -0.25) is 4.79 Å². The minimum Gasteiger partial charge on any atom is -0.497 e. The smallest absolute Gasteiger partial charge is 0.261 e. The molecule has 45 heavy (non-hydrogen) atoms. The van der Waals surface area contributed by atoms with Crippen LogP contribution in [-0.4, -0.2) is 37.7 Å². The number of nitrogens with zero attached hydrogens (tertiary/aromatic N) is 1. The van der Waals surface area contributed by atoms with E-state index in [0.717, 1.165) is 11.3 Å². The van der Waals surface area contributed by atoms with Crippen LogP contribution in [0, 0.1) is 5.92 Å². The lowest BCUT2D eigenvalue weighted by atomic mass is 10.0. The summed E-state index contributed by atoms with van der Waals surface area (Å²) in [5.41, 5.74) is 1.04. The second kappa shape index (κ2) is 16.7. The Morgan fingerprint density at radius 3 is 2.02 bits per heavy atom. The van der Waals surface area contributed by atoms with Gasteiger partial charge in [0.15, 0.2) is 5.12 Å². The Bertz CT molecular complexity index is 1460. The van der Waals surface area contributed by atoms with Crippen LogP contribution in [0.3, 0.4) is 0 Å². The molecule has 236 valence electrons. The third kappa shape index (κ3) is 9.16. The summed E-state index contributed by atoms with van der Waals surface area (Å²) >= 11 is 3.40. The highest BCUT2D eigenvalue weighted by atomic mass is 127. The first-order valence-electron chi connectivity index (χ1n) is 15.1. The molecule has 0 amide bonds. The molecule has 0 radical (unpaired) electrons. The van der Waals surface area contributed by atoms with Gasteiger partial charge < -0.3 is 13.9 Å². The zero-order chi connectivity index (χ0) is 32.3. The van der Waals surface area contributed by atoms with Gasteiger partial charge in [0.1, 0.15) is 10.8 Å². The minimum atomic E-state index is -2.97. The van der Waals surface area contributed by atoms with Gasteiger partial charge in [-0.25, -0.2) is 4.98 Å². The van der Waals surface area contributed by atoms with Crippen molar-refractivity contribution in [3.8, 4) is 5.75 Å². The number of benzene rings is 3. The van der Waals surface area contributed by atoms with Crippen LogP contribution in [0.15, 0.2) is 125 Å². The lowest BCUT2D eigenvalue weighted by molar-refractivity contribution is -0.117. The fraction of sp³-hybridized carbons (Fsp3) is 0.297. The molecule has 0 bridgehead atoms. The standard InChI is InChI=1S/C37H42INO4SSi/c1-28(36(40)44-35-18-12-13-25-39-35)34(26-31(23-24-38)42-27-29-19-21-30(41-5)22-20-29)43-45(37(2,3)4,32-14-8-6-9-15-32)33-16-10-7-11-17-33/h6-25,28,31,34H,26-27H2,1-5H3/b24-23+/t28-,31-,34-/m1/s1. The van der Waals surface area contributed by atoms with E-state index in [2.05, 4.69) is 103 Å². The summed E-state index contributed by atoms with van der Waals surface area (Å²) in [6.45, 7) is 9.18. The first-order chi connectivity index (χ1) is 21.7. The Morgan fingerprint density at radius 2 is 1.51 bits per heavy atom. The van der Waals surface area contributed by atoms with Gasteiger partial charge in [-0.2, -0.15) is 0 Å². The van der Waals surface area contributed by atoms with Gasteiger partial charge in [0.2, 0.25) is 0 Å². The van der Waals surface area contributed by atoms with E-state index in [1.165, 1.54) is 22.1 Å². The van der Waals surface area contributed by atoms with Crippen LogP contribution >= 0.6 is 34.4 Å². The van der Waals surface area contributed by atoms with E-state index in [1.54, 1.807) is 13.3 Å². The van der Waals surface area contributed by atoms with Crippen molar-refractivity contribution in [2.24, 2.45) is 5.92 Å². The number of hydrogen-bond donors (Lipinski definition) is 0. The van der Waals surface area contributed by atoms with E-state index in [-0.39, 0.29) is 16.3 Å². The van der Waals surface area contributed by atoms with Crippen LogP contribution in [0.1, 0.15) is 39.7 Å². The number of ether oxygens (including phenoxy) is 2. The minimum absolute atomic E-state index is 0.0176. The van der Waals surface area contributed by atoms with E-state index < -0.39 is 20.3 Å². The Balaban J connectivity index is 1.74. The summed E-state index contributed by atoms with van der Waals surface area (Å²) < 4.78 is 21.4. The summed E-state index contributed by atoms with van der Waals surface area (Å²) in [6.07, 6.45) is 3.56. The van der Waals surface area contributed by atoms with E-state index in [9.17, 15) is 4.79 Å². The van der Waals surface area contributed by atoms with Crippen molar-refractivity contribution in [3.05, 3.63) is 125 Å². The van der Waals surface area contributed by atoms with Gasteiger partial charge in [0.25, 0.3) is 8.32 Å². The topological polar surface area (TPSA) is 57.7 Å². The zero-order valence-corrected chi connectivity index (χ0v) is 30.5. The summed E-state index contributed by atoms with van der Waals surface area (Å²) in [5, 5.41) is 2.79. The fourth-order valence-electron chi connectivity index (χ4n) is 5.47. The third-order valence-electron chi connectivity index (χ3n) is 7.89. The highest BCUT2D eigenvalue weighted by Crippen LogP contribution is 2.40. The van der Waals surface area contributed by atoms with Gasteiger partial charge >= 0.3 is 0 Å². The van der Waals surface area contributed by atoms with E-state index in [0.29, 0.717) is 18.1 Å². The van der Waals surface area contributed by atoms with Gasteiger partial charge in [-0.15, -0.1) is 0 Å². The number of carbonyl (C=O) groups is 1. The maximum absolute atomic E-state index is 13.9. The molecule has 0 aliphatic rings. The predicted octanol–water partition coefficient (Wildman–Crippen LogP) is 8.21. The first kappa shape index (κ1) is 35.1. The lowest BCUT2D eigenvalue weighted by Crippen LogP contribution is -2.68. The predicted molar refractivity (Wildman–Crippen MR) is 196 cm³/mol. The molecule has 8 heteroatoms. The van der Waals surface area contributed by atoms with Crippen LogP contribution in [0.25, 0.3) is 0 Å². The number of hydrogen-bond acceptors (Lipinski definition) is 6. The highest BCUT2D eigenvalue weighted by Gasteiger charge is 2.52. The SMILES string of the molecule is COc1ccc(CO[C@H](/C=C/I)C[C@@H](O[Si](c2ccccc2)(c2ccccc2)C(C)(C)C)[C@@H](C)C(=O)Sc2ccccn2)cc1.